The molecule has 0 spiro atoms. The highest BCUT2D eigenvalue weighted by Crippen LogP contribution is 2.43. The van der Waals surface area contributed by atoms with Crippen molar-refractivity contribution in [3.63, 3.8) is 0 Å². The van der Waals surface area contributed by atoms with Gasteiger partial charge in [-0.3, -0.25) is 0 Å². The van der Waals surface area contributed by atoms with Gasteiger partial charge in [0.25, 0.3) is 0 Å². The largest absolute Gasteiger partial charge is 0.0882 e. The molecule has 3 atom stereocenters. The second kappa shape index (κ2) is 4.30. The highest BCUT2D eigenvalue weighted by Gasteiger charge is 2.32. The minimum Gasteiger partial charge on any atom is -0.0882 e. The van der Waals surface area contributed by atoms with Gasteiger partial charge in [-0.2, -0.15) is 0 Å². The molecule has 0 aromatic carbocycles. The zero-order chi connectivity index (χ0) is 9.10. The van der Waals surface area contributed by atoms with Gasteiger partial charge in [-0.05, 0) is 37.0 Å². The second-order valence-corrected chi connectivity index (χ2v) is 4.70. The van der Waals surface area contributed by atoms with Crippen molar-refractivity contribution in [3.05, 3.63) is 19.1 Å². The predicted molar refractivity (Wildman–Crippen MR) is 57.3 cm³/mol. The fourth-order valence-electron chi connectivity index (χ4n) is 3.28. The third-order valence-electron chi connectivity index (χ3n) is 3.95. The first-order valence-corrected chi connectivity index (χ1v) is 5.86. The molecule has 0 aromatic rings. The van der Waals surface area contributed by atoms with Crippen LogP contribution in [0.25, 0.3) is 0 Å². The van der Waals surface area contributed by atoms with Gasteiger partial charge in [0.1, 0.15) is 0 Å². The minimum atomic E-state index is 1.00. The molecule has 0 heteroatoms. The molecule has 0 aliphatic heterocycles. The van der Waals surface area contributed by atoms with E-state index in [9.17, 15) is 0 Å². The summed E-state index contributed by atoms with van der Waals surface area (Å²) < 4.78 is 0. The number of hydrogen-bond donors (Lipinski definition) is 0. The van der Waals surface area contributed by atoms with E-state index in [1.807, 2.05) is 0 Å². The van der Waals surface area contributed by atoms with Crippen molar-refractivity contribution in [2.45, 2.75) is 44.9 Å². The predicted octanol–water partition coefficient (Wildman–Crippen LogP) is 3.98. The Morgan fingerprint density at radius 2 is 2.00 bits per heavy atom. The summed E-state index contributed by atoms with van der Waals surface area (Å²) in [6.45, 7) is 4.00. The normalized spacial score (nSPS) is 38.7. The molecule has 0 nitrogen and oxygen atoms in total. The summed E-state index contributed by atoms with van der Waals surface area (Å²) >= 11 is 0. The van der Waals surface area contributed by atoms with Crippen LogP contribution in [0.15, 0.2) is 12.2 Å². The van der Waals surface area contributed by atoms with E-state index < -0.39 is 0 Å². The monoisotopic (exact) mass is 177 g/mol. The van der Waals surface area contributed by atoms with Gasteiger partial charge in [0.05, 0.1) is 0 Å². The van der Waals surface area contributed by atoms with Crippen molar-refractivity contribution < 1.29 is 0 Å². The van der Waals surface area contributed by atoms with Crippen LogP contribution >= 0.6 is 0 Å². The summed E-state index contributed by atoms with van der Waals surface area (Å²) in [5.74, 6) is 3.04. The van der Waals surface area contributed by atoms with Crippen LogP contribution in [0.5, 0.6) is 0 Å². The van der Waals surface area contributed by atoms with Crippen LogP contribution in [0.4, 0.5) is 0 Å². The fraction of sp³-hybridized carbons (Fsp3) is 0.769. The standard InChI is InChI=1S/C13H21/c1-2-6-11-8-5-9-12-7-3-4-10-13(11)12/h3-4,11-13H,1-2,5-10H2. The minimum absolute atomic E-state index is 1.00. The smallest absolute Gasteiger partial charge is 0.0317 e. The third-order valence-corrected chi connectivity index (χ3v) is 3.95. The summed E-state index contributed by atoms with van der Waals surface area (Å²) in [6.07, 6.45) is 14.5. The molecule has 1 fully saturated rings. The van der Waals surface area contributed by atoms with Gasteiger partial charge < -0.3 is 0 Å². The molecule has 0 heterocycles. The molecule has 73 valence electrons. The van der Waals surface area contributed by atoms with E-state index in [4.69, 9.17) is 0 Å². The lowest BCUT2D eigenvalue weighted by molar-refractivity contribution is 0.141. The van der Waals surface area contributed by atoms with Crippen molar-refractivity contribution in [1.29, 1.82) is 0 Å². The number of hydrogen-bond acceptors (Lipinski definition) is 0. The molecule has 0 bridgehead atoms. The zero-order valence-corrected chi connectivity index (χ0v) is 8.54. The summed E-state index contributed by atoms with van der Waals surface area (Å²) in [5, 5.41) is 0. The van der Waals surface area contributed by atoms with Crippen molar-refractivity contribution in [3.8, 4) is 0 Å². The Bertz CT molecular complexity index is 178. The molecule has 1 saturated carbocycles. The van der Waals surface area contributed by atoms with E-state index in [0.717, 1.165) is 24.2 Å². The molecular formula is C13H21. The van der Waals surface area contributed by atoms with Crippen molar-refractivity contribution in [1.82, 2.24) is 0 Å². The van der Waals surface area contributed by atoms with Gasteiger partial charge in [0.15, 0.2) is 0 Å². The maximum atomic E-state index is 4.00. The molecule has 13 heavy (non-hydrogen) atoms. The Balaban J connectivity index is 1.99. The average molecular weight is 177 g/mol. The van der Waals surface area contributed by atoms with E-state index in [-0.39, 0.29) is 0 Å². The Morgan fingerprint density at radius 3 is 2.85 bits per heavy atom. The molecule has 0 amide bonds. The van der Waals surface area contributed by atoms with E-state index in [2.05, 4.69) is 19.1 Å². The zero-order valence-electron chi connectivity index (χ0n) is 8.54. The number of allylic oxidation sites excluding steroid dienone is 2. The molecule has 2 aliphatic rings. The van der Waals surface area contributed by atoms with E-state index >= 15 is 0 Å². The lowest BCUT2D eigenvalue weighted by Crippen LogP contribution is -2.29. The summed E-state index contributed by atoms with van der Waals surface area (Å²) in [5.41, 5.74) is 0. The van der Waals surface area contributed by atoms with Gasteiger partial charge in [-0.1, -0.05) is 44.8 Å². The van der Waals surface area contributed by atoms with Gasteiger partial charge in [-0.15, -0.1) is 0 Å². The Labute approximate surface area is 82.4 Å². The summed E-state index contributed by atoms with van der Waals surface area (Å²) in [4.78, 5) is 0. The highest BCUT2D eigenvalue weighted by molar-refractivity contribution is 4.98. The first-order chi connectivity index (χ1) is 6.42. The Kier molecular flexibility index (Phi) is 3.08. The number of rotatable bonds is 2. The Hall–Kier alpha value is -0.260. The van der Waals surface area contributed by atoms with Crippen LogP contribution in [-0.4, -0.2) is 0 Å². The van der Waals surface area contributed by atoms with Crippen LogP contribution in [0.1, 0.15) is 44.9 Å². The fourth-order valence-corrected chi connectivity index (χ4v) is 3.28. The Morgan fingerprint density at radius 1 is 1.15 bits per heavy atom. The molecule has 0 saturated heterocycles. The molecule has 1 radical (unpaired) electrons. The first kappa shape index (κ1) is 9.30. The van der Waals surface area contributed by atoms with E-state index in [1.165, 1.54) is 38.5 Å². The molecule has 2 rings (SSSR count). The van der Waals surface area contributed by atoms with Gasteiger partial charge in [-0.25, -0.2) is 0 Å². The quantitative estimate of drug-likeness (QED) is 0.560. The van der Waals surface area contributed by atoms with Crippen LogP contribution in [0.2, 0.25) is 0 Å². The van der Waals surface area contributed by atoms with Gasteiger partial charge >= 0.3 is 0 Å². The van der Waals surface area contributed by atoms with Crippen molar-refractivity contribution >= 4 is 0 Å². The molecule has 0 aromatic heterocycles. The van der Waals surface area contributed by atoms with Crippen molar-refractivity contribution in [2.75, 3.05) is 0 Å². The molecular weight excluding hydrogens is 156 g/mol. The molecule has 2 aliphatic carbocycles. The lowest BCUT2D eigenvalue weighted by Gasteiger charge is -2.39. The molecule has 0 N–H and O–H groups in total. The first-order valence-electron chi connectivity index (χ1n) is 5.86. The van der Waals surface area contributed by atoms with Crippen LogP contribution in [-0.2, 0) is 0 Å². The van der Waals surface area contributed by atoms with E-state index in [1.54, 1.807) is 0 Å². The van der Waals surface area contributed by atoms with Gasteiger partial charge in [0.2, 0.25) is 0 Å². The SMILES string of the molecule is [CH2]CCC1CCCC2CC=CCC21. The van der Waals surface area contributed by atoms with Crippen molar-refractivity contribution in [2.24, 2.45) is 17.8 Å². The molecule has 3 unspecified atom stereocenters. The summed E-state index contributed by atoms with van der Waals surface area (Å²) in [6, 6.07) is 0. The van der Waals surface area contributed by atoms with Crippen LogP contribution < -0.4 is 0 Å². The highest BCUT2D eigenvalue weighted by atomic mass is 14.4. The average Bonchev–Trinajstić information content (AvgIpc) is 2.19. The topological polar surface area (TPSA) is 0 Å². The van der Waals surface area contributed by atoms with Crippen LogP contribution in [0, 0.1) is 24.7 Å². The second-order valence-electron chi connectivity index (χ2n) is 4.70. The third kappa shape index (κ3) is 1.98. The maximum Gasteiger partial charge on any atom is -0.0317 e. The van der Waals surface area contributed by atoms with Gasteiger partial charge in [0, 0.05) is 0 Å². The van der Waals surface area contributed by atoms with Crippen LogP contribution in [0.3, 0.4) is 0 Å². The summed E-state index contributed by atoms with van der Waals surface area (Å²) in [7, 11) is 0. The lowest BCUT2D eigenvalue weighted by atomic mass is 9.66. The van der Waals surface area contributed by atoms with E-state index in [0.29, 0.717) is 0 Å². The maximum absolute atomic E-state index is 4.00. The number of fused-ring (bicyclic) bond motifs is 1.